The second kappa shape index (κ2) is 6.20. The van der Waals surface area contributed by atoms with Gasteiger partial charge in [0, 0.05) is 29.8 Å². The summed E-state index contributed by atoms with van der Waals surface area (Å²) in [6.45, 7) is 0. The van der Waals surface area contributed by atoms with Crippen molar-refractivity contribution in [2.45, 2.75) is 51.0 Å². The summed E-state index contributed by atoms with van der Waals surface area (Å²) in [7, 11) is 0. The fourth-order valence-electron chi connectivity index (χ4n) is 4.70. The molecule has 2 aliphatic carbocycles. The summed E-state index contributed by atoms with van der Waals surface area (Å²) in [6.07, 6.45) is 6.68. The molecule has 2 fully saturated rings. The van der Waals surface area contributed by atoms with Gasteiger partial charge >= 0.3 is 0 Å². The van der Waals surface area contributed by atoms with Crippen molar-refractivity contribution in [3.63, 3.8) is 0 Å². The van der Waals surface area contributed by atoms with Crippen LogP contribution in [0.4, 0.5) is 11.4 Å². The van der Waals surface area contributed by atoms with Crippen molar-refractivity contribution in [1.82, 2.24) is 0 Å². The van der Waals surface area contributed by atoms with Gasteiger partial charge in [0.15, 0.2) is 0 Å². The van der Waals surface area contributed by atoms with Gasteiger partial charge in [-0.2, -0.15) is 0 Å². The molecule has 2 atom stereocenters. The standard InChI is InChI=1S/C19H25N3O2/c20-18-12-2-1-3-13(18)9-14(8-12)19(24)21-15-6-4-11-5-7-17(23)22-16(11)10-15/h4,6,10,12-14,18H,1-3,5,7-9,20H2,(H,21,24)(H,22,23). The van der Waals surface area contributed by atoms with E-state index in [1.54, 1.807) is 0 Å². The smallest absolute Gasteiger partial charge is 0.227 e. The summed E-state index contributed by atoms with van der Waals surface area (Å²) < 4.78 is 0. The maximum absolute atomic E-state index is 12.7. The van der Waals surface area contributed by atoms with E-state index in [1.165, 1.54) is 6.42 Å². The minimum atomic E-state index is 0.0417. The average Bonchev–Trinajstić information content (AvgIpc) is 2.54. The van der Waals surface area contributed by atoms with Gasteiger partial charge in [0.05, 0.1) is 0 Å². The largest absolute Gasteiger partial charge is 0.327 e. The van der Waals surface area contributed by atoms with Gasteiger partial charge < -0.3 is 16.4 Å². The third-order valence-electron chi connectivity index (χ3n) is 6.06. The Labute approximate surface area is 142 Å². The first-order chi connectivity index (χ1) is 11.6. The Balaban J connectivity index is 1.45. The summed E-state index contributed by atoms with van der Waals surface area (Å²) in [4.78, 5) is 24.2. The van der Waals surface area contributed by atoms with Gasteiger partial charge in [-0.05, 0) is 61.6 Å². The van der Waals surface area contributed by atoms with Crippen LogP contribution in [-0.2, 0) is 16.0 Å². The molecule has 1 aromatic rings. The molecule has 4 rings (SSSR count). The van der Waals surface area contributed by atoms with Crippen molar-refractivity contribution in [3.05, 3.63) is 23.8 Å². The lowest BCUT2D eigenvalue weighted by atomic mass is 9.65. The number of nitrogens with two attached hydrogens (primary N) is 1. The zero-order valence-corrected chi connectivity index (χ0v) is 13.9. The zero-order valence-electron chi connectivity index (χ0n) is 13.9. The Kier molecular flexibility index (Phi) is 4.04. The molecule has 1 heterocycles. The van der Waals surface area contributed by atoms with Crippen LogP contribution >= 0.6 is 0 Å². The van der Waals surface area contributed by atoms with Crippen molar-refractivity contribution >= 4 is 23.2 Å². The molecule has 3 aliphatic rings. The lowest BCUT2D eigenvalue weighted by Crippen LogP contribution is -2.48. The molecule has 4 N–H and O–H groups in total. The second-order valence-electron chi connectivity index (χ2n) is 7.61. The number of fused-ring (bicyclic) bond motifs is 3. The van der Waals surface area contributed by atoms with Crippen LogP contribution in [0.1, 0.15) is 44.1 Å². The zero-order chi connectivity index (χ0) is 16.7. The first kappa shape index (κ1) is 15.6. The monoisotopic (exact) mass is 327 g/mol. The molecule has 2 bridgehead atoms. The van der Waals surface area contributed by atoms with E-state index in [1.807, 2.05) is 18.2 Å². The van der Waals surface area contributed by atoms with E-state index in [-0.39, 0.29) is 23.8 Å². The van der Waals surface area contributed by atoms with Gasteiger partial charge in [-0.15, -0.1) is 0 Å². The lowest BCUT2D eigenvalue weighted by Gasteiger charge is -2.43. The van der Waals surface area contributed by atoms with E-state index in [2.05, 4.69) is 10.6 Å². The summed E-state index contributed by atoms with van der Waals surface area (Å²) in [5.41, 5.74) is 9.04. The van der Waals surface area contributed by atoms with E-state index in [0.717, 1.165) is 49.0 Å². The Morgan fingerprint density at radius 2 is 1.92 bits per heavy atom. The first-order valence-corrected chi connectivity index (χ1v) is 9.09. The van der Waals surface area contributed by atoms with Crippen molar-refractivity contribution in [1.29, 1.82) is 0 Å². The molecule has 5 heteroatoms. The van der Waals surface area contributed by atoms with Crippen LogP contribution in [0, 0.1) is 17.8 Å². The van der Waals surface area contributed by atoms with Gasteiger partial charge in [0.1, 0.15) is 0 Å². The summed E-state index contributed by atoms with van der Waals surface area (Å²) in [5, 5.41) is 5.93. The van der Waals surface area contributed by atoms with Crippen LogP contribution in [0.3, 0.4) is 0 Å². The number of amides is 2. The molecule has 1 aliphatic heterocycles. The predicted molar refractivity (Wildman–Crippen MR) is 93.6 cm³/mol. The van der Waals surface area contributed by atoms with Crippen molar-refractivity contribution < 1.29 is 9.59 Å². The van der Waals surface area contributed by atoms with Crippen LogP contribution < -0.4 is 16.4 Å². The van der Waals surface area contributed by atoms with Crippen LogP contribution in [-0.4, -0.2) is 17.9 Å². The first-order valence-electron chi connectivity index (χ1n) is 9.09. The average molecular weight is 327 g/mol. The molecular formula is C19H25N3O2. The van der Waals surface area contributed by atoms with Gasteiger partial charge in [-0.3, -0.25) is 9.59 Å². The molecule has 0 aromatic heterocycles. The minimum Gasteiger partial charge on any atom is -0.327 e. The second-order valence-corrected chi connectivity index (χ2v) is 7.61. The van der Waals surface area contributed by atoms with Gasteiger partial charge in [0.25, 0.3) is 0 Å². The molecule has 0 saturated heterocycles. The Morgan fingerprint density at radius 3 is 2.67 bits per heavy atom. The highest BCUT2D eigenvalue weighted by atomic mass is 16.2. The number of carbonyl (C=O) groups is 2. The summed E-state index contributed by atoms with van der Waals surface area (Å²) in [5.74, 6) is 1.19. The lowest BCUT2D eigenvalue weighted by molar-refractivity contribution is -0.122. The molecule has 2 saturated carbocycles. The van der Waals surface area contributed by atoms with E-state index in [9.17, 15) is 9.59 Å². The maximum Gasteiger partial charge on any atom is 0.227 e. The Morgan fingerprint density at radius 1 is 1.17 bits per heavy atom. The van der Waals surface area contributed by atoms with E-state index >= 15 is 0 Å². The molecule has 0 spiro atoms. The molecule has 2 amide bonds. The van der Waals surface area contributed by atoms with E-state index in [0.29, 0.717) is 18.3 Å². The fraction of sp³-hybridized carbons (Fsp3) is 0.579. The molecule has 128 valence electrons. The highest BCUT2D eigenvalue weighted by Crippen LogP contribution is 2.42. The minimum absolute atomic E-state index is 0.0417. The van der Waals surface area contributed by atoms with Gasteiger partial charge in [0.2, 0.25) is 11.8 Å². The number of hydrogen-bond donors (Lipinski definition) is 3. The summed E-state index contributed by atoms with van der Waals surface area (Å²) in [6, 6.07) is 6.08. The Hall–Kier alpha value is -1.88. The fourth-order valence-corrected chi connectivity index (χ4v) is 4.70. The van der Waals surface area contributed by atoms with E-state index < -0.39 is 0 Å². The van der Waals surface area contributed by atoms with Gasteiger partial charge in [-0.25, -0.2) is 0 Å². The van der Waals surface area contributed by atoms with Crippen molar-refractivity contribution in [3.8, 4) is 0 Å². The van der Waals surface area contributed by atoms with Crippen LogP contribution in [0.25, 0.3) is 0 Å². The number of benzene rings is 1. The normalized spacial score (nSPS) is 31.8. The van der Waals surface area contributed by atoms with Crippen molar-refractivity contribution in [2.75, 3.05) is 10.6 Å². The SMILES string of the molecule is NC1C2CCCC1CC(C(=O)Nc1ccc3c(c1)NC(=O)CC3)C2. The number of carbonyl (C=O) groups excluding carboxylic acids is 2. The number of hydrogen-bond acceptors (Lipinski definition) is 3. The quantitative estimate of drug-likeness (QED) is 0.781. The third kappa shape index (κ3) is 2.93. The molecule has 5 nitrogen and oxygen atoms in total. The van der Waals surface area contributed by atoms with Crippen LogP contribution in [0.15, 0.2) is 18.2 Å². The Bertz CT molecular complexity index is 659. The molecule has 2 unspecified atom stereocenters. The van der Waals surface area contributed by atoms with E-state index in [4.69, 9.17) is 5.73 Å². The maximum atomic E-state index is 12.7. The summed E-state index contributed by atoms with van der Waals surface area (Å²) >= 11 is 0. The molecule has 0 radical (unpaired) electrons. The number of aryl methyl sites for hydroxylation is 1. The molecular weight excluding hydrogens is 302 g/mol. The van der Waals surface area contributed by atoms with Crippen molar-refractivity contribution in [2.24, 2.45) is 23.5 Å². The molecule has 24 heavy (non-hydrogen) atoms. The highest BCUT2D eigenvalue weighted by molar-refractivity contribution is 5.97. The highest BCUT2D eigenvalue weighted by Gasteiger charge is 2.40. The van der Waals surface area contributed by atoms with Gasteiger partial charge in [-0.1, -0.05) is 12.5 Å². The molecule has 1 aromatic carbocycles. The van der Waals surface area contributed by atoms with Crippen LogP contribution in [0.2, 0.25) is 0 Å². The number of nitrogens with one attached hydrogen (secondary N) is 2. The predicted octanol–water partition coefficient (Wildman–Crippen LogP) is 2.66. The number of anilines is 2. The van der Waals surface area contributed by atoms with Crippen LogP contribution in [0.5, 0.6) is 0 Å². The third-order valence-corrected chi connectivity index (χ3v) is 6.06. The number of rotatable bonds is 2. The topological polar surface area (TPSA) is 84.2 Å².